The highest BCUT2D eigenvalue weighted by atomic mass is 15.0. The van der Waals surface area contributed by atoms with Gasteiger partial charge in [0.25, 0.3) is 0 Å². The van der Waals surface area contributed by atoms with E-state index in [1.165, 1.54) is 65.6 Å². The van der Waals surface area contributed by atoms with E-state index in [2.05, 4.69) is 143 Å². The molecule has 0 fully saturated rings. The molecule has 0 spiro atoms. The summed E-state index contributed by atoms with van der Waals surface area (Å²) in [5, 5.41) is 8.90. The lowest BCUT2D eigenvalue weighted by atomic mass is 10.0. The van der Waals surface area contributed by atoms with Gasteiger partial charge >= 0.3 is 0 Å². The third kappa shape index (κ3) is 2.61. The van der Waals surface area contributed by atoms with Gasteiger partial charge in [-0.15, -0.1) is 0 Å². The lowest BCUT2D eigenvalue weighted by Crippen LogP contribution is -1.96. The fourth-order valence-corrected chi connectivity index (χ4v) is 5.96. The van der Waals surface area contributed by atoms with Crippen molar-refractivity contribution in [2.24, 2.45) is 0 Å². The van der Waals surface area contributed by atoms with Crippen molar-refractivity contribution in [1.82, 2.24) is 9.13 Å². The maximum absolute atomic E-state index is 2.47. The molecule has 0 saturated heterocycles. The molecule has 0 saturated carbocycles. The van der Waals surface area contributed by atoms with E-state index in [4.69, 9.17) is 0 Å². The average molecular weight is 459 g/mol. The lowest BCUT2D eigenvalue weighted by Gasteiger charge is -2.13. The van der Waals surface area contributed by atoms with Crippen LogP contribution < -0.4 is 0 Å². The molecule has 2 nitrogen and oxygen atoms in total. The quantitative estimate of drug-likeness (QED) is 0.244. The van der Waals surface area contributed by atoms with Crippen LogP contribution in [-0.2, 0) is 0 Å². The number of nitrogens with zero attached hydrogens (tertiary/aromatic N) is 2. The van der Waals surface area contributed by atoms with Gasteiger partial charge in [-0.05, 0) is 47.2 Å². The zero-order chi connectivity index (χ0) is 23.6. The molecule has 2 heteroatoms. The topological polar surface area (TPSA) is 9.86 Å². The fourth-order valence-electron chi connectivity index (χ4n) is 5.96. The van der Waals surface area contributed by atoms with Crippen molar-refractivity contribution in [3.8, 4) is 11.4 Å². The fraction of sp³-hybridized carbons (Fsp3) is 0. The molecule has 2 aromatic heterocycles. The van der Waals surface area contributed by atoms with E-state index < -0.39 is 0 Å². The summed E-state index contributed by atoms with van der Waals surface area (Å²) in [7, 11) is 0. The number of rotatable bonds is 2. The number of hydrogen-bond donors (Lipinski definition) is 0. The second-order valence-electron chi connectivity index (χ2n) is 9.43. The molecule has 0 atom stereocenters. The largest absolute Gasteiger partial charge is 0.317 e. The lowest BCUT2D eigenvalue weighted by molar-refractivity contribution is 1.13. The van der Waals surface area contributed by atoms with Crippen molar-refractivity contribution >= 4 is 54.3 Å². The van der Waals surface area contributed by atoms with Crippen molar-refractivity contribution in [3.63, 3.8) is 0 Å². The third-order valence-electron chi connectivity index (χ3n) is 7.54. The van der Waals surface area contributed by atoms with Crippen LogP contribution in [0.5, 0.6) is 0 Å². The first kappa shape index (κ1) is 19.5. The Morgan fingerprint density at radius 1 is 0.389 bits per heavy atom. The van der Waals surface area contributed by atoms with Gasteiger partial charge in [0.2, 0.25) is 0 Å². The number of fused-ring (bicyclic) bond motifs is 8. The highest BCUT2D eigenvalue weighted by molar-refractivity contribution is 6.23. The molecule has 0 aliphatic heterocycles. The Morgan fingerprint density at radius 2 is 1.06 bits per heavy atom. The second-order valence-corrected chi connectivity index (χ2v) is 9.43. The van der Waals surface area contributed by atoms with Crippen molar-refractivity contribution in [2.75, 3.05) is 0 Å². The molecule has 0 aliphatic rings. The first-order valence-electron chi connectivity index (χ1n) is 12.4. The van der Waals surface area contributed by atoms with Crippen LogP contribution in [0.3, 0.4) is 0 Å². The van der Waals surface area contributed by atoms with E-state index in [1.807, 2.05) is 0 Å². The molecule has 0 amide bonds. The Morgan fingerprint density at radius 3 is 1.97 bits per heavy atom. The maximum atomic E-state index is 2.47. The van der Waals surface area contributed by atoms with Gasteiger partial charge < -0.3 is 9.13 Å². The first-order valence-corrected chi connectivity index (χ1v) is 12.4. The van der Waals surface area contributed by atoms with E-state index in [9.17, 15) is 0 Å². The van der Waals surface area contributed by atoms with Crippen LogP contribution >= 0.6 is 0 Å². The molecule has 0 N–H and O–H groups in total. The monoisotopic (exact) mass is 458 g/mol. The highest BCUT2D eigenvalue weighted by Crippen LogP contribution is 2.40. The Bertz CT molecular complexity index is 2090. The van der Waals surface area contributed by atoms with Gasteiger partial charge in [-0.3, -0.25) is 0 Å². The average Bonchev–Trinajstić information content (AvgIpc) is 3.53. The van der Waals surface area contributed by atoms with Gasteiger partial charge in [0.1, 0.15) is 0 Å². The SMILES string of the molecule is c1ccc(-n2ccc3c4ccc5c6ccccc6n(-c6cccc7ccccc67)c5c4ccc32)cc1. The summed E-state index contributed by atoms with van der Waals surface area (Å²) in [6, 6.07) is 46.1. The zero-order valence-corrected chi connectivity index (χ0v) is 19.6. The summed E-state index contributed by atoms with van der Waals surface area (Å²) < 4.78 is 4.74. The van der Waals surface area contributed by atoms with Gasteiger partial charge in [-0.2, -0.15) is 0 Å². The number of para-hydroxylation sites is 2. The summed E-state index contributed by atoms with van der Waals surface area (Å²) in [5.41, 5.74) is 6.12. The summed E-state index contributed by atoms with van der Waals surface area (Å²) in [6.45, 7) is 0. The van der Waals surface area contributed by atoms with Crippen molar-refractivity contribution in [2.45, 2.75) is 0 Å². The van der Waals surface area contributed by atoms with Gasteiger partial charge in [0.15, 0.2) is 0 Å². The molecule has 6 aromatic carbocycles. The van der Waals surface area contributed by atoms with Gasteiger partial charge in [0, 0.05) is 38.8 Å². The van der Waals surface area contributed by atoms with Crippen LogP contribution in [0.2, 0.25) is 0 Å². The van der Waals surface area contributed by atoms with Gasteiger partial charge in [-0.1, -0.05) is 91.0 Å². The summed E-state index contributed by atoms with van der Waals surface area (Å²) in [6.07, 6.45) is 2.18. The molecule has 2 heterocycles. The number of benzene rings is 6. The molecular formula is C34H22N2. The van der Waals surface area contributed by atoms with Crippen molar-refractivity contribution in [3.05, 3.63) is 134 Å². The Labute approximate surface area is 208 Å². The van der Waals surface area contributed by atoms with E-state index in [0.29, 0.717) is 0 Å². The molecule has 8 rings (SSSR count). The van der Waals surface area contributed by atoms with Crippen molar-refractivity contribution in [1.29, 1.82) is 0 Å². The van der Waals surface area contributed by atoms with E-state index in [0.717, 1.165) is 0 Å². The molecular weight excluding hydrogens is 436 g/mol. The Balaban J connectivity index is 1.53. The maximum Gasteiger partial charge on any atom is 0.0619 e. The molecule has 0 aliphatic carbocycles. The number of hydrogen-bond acceptors (Lipinski definition) is 0. The standard InChI is InChI=1S/C34H22N2/c1-2-11-24(12-3-1)35-22-21-28-26-17-18-30-27-14-6-7-15-33(27)36(34(30)29(26)19-20-31(28)35)32-16-8-10-23-9-4-5-13-25(23)32/h1-22H. The zero-order valence-electron chi connectivity index (χ0n) is 19.6. The van der Waals surface area contributed by atoms with Crippen LogP contribution in [0.15, 0.2) is 134 Å². The smallest absolute Gasteiger partial charge is 0.0619 e. The second kappa shape index (κ2) is 7.34. The normalized spacial score (nSPS) is 11.9. The minimum Gasteiger partial charge on any atom is -0.317 e. The third-order valence-corrected chi connectivity index (χ3v) is 7.54. The van der Waals surface area contributed by atoms with Crippen LogP contribution in [0.4, 0.5) is 0 Å². The minimum atomic E-state index is 1.18. The summed E-state index contributed by atoms with van der Waals surface area (Å²) >= 11 is 0. The van der Waals surface area contributed by atoms with Crippen LogP contribution in [-0.4, -0.2) is 9.13 Å². The van der Waals surface area contributed by atoms with Crippen LogP contribution in [0, 0.1) is 0 Å². The summed E-state index contributed by atoms with van der Waals surface area (Å²) in [4.78, 5) is 0. The molecule has 0 bridgehead atoms. The Hall–Kier alpha value is -4.82. The van der Waals surface area contributed by atoms with E-state index >= 15 is 0 Å². The predicted molar refractivity (Wildman–Crippen MR) is 153 cm³/mol. The molecule has 0 radical (unpaired) electrons. The Kier molecular flexibility index (Phi) is 3.97. The van der Waals surface area contributed by atoms with E-state index in [-0.39, 0.29) is 0 Å². The van der Waals surface area contributed by atoms with Crippen LogP contribution in [0.25, 0.3) is 65.6 Å². The molecule has 0 unspecified atom stereocenters. The number of aromatic nitrogens is 2. The molecule has 8 aromatic rings. The van der Waals surface area contributed by atoms with Crippen molar-refractivity contribution < 1.29 is 0 Å². The van der Waals surface area contributed by atoms with E-state index in [1.54, 1.807) is 0 Å². The first-order chi connectivity index (χ1) is 17.9. The molecule has 168 valence electrons. The highest BCUT2D eigenvalue weighted by Gasteiger charge is 2.17. The van der Waals surface area contributed by atoms with Gasteiger partial charge in [-0.25, -0.2) is 0 Å². The summed E-state index contributed by atoms with van der Waals surface area (Å²) in [5.74, 6) is 0. The van der Waals surface area contributed by atoms with Crippen LogP contribution in [0.1, 0.15) is 0 Å². The minimum absolute atomic E-state index is 1.18. The van der Waals surface area contributed by atoms with Gasteiger partial charge in [0.05, 0.1) is 22.2 Å². The predicted octanol–water partition coefficient (Wildman–Crippen LogP) is 9.03. The molecule has 36 heavy (non-hydrogen) atoms.